The number of carboxylic acids is 1. The summed E-state index contributed by atoms with van der Waals surface area (Å²) in [6, 6.07) is 20.7. The van der Waals surface area contributed by atoms with Crippen LogP contribution < -0.4 is 24.2 Å². The van der Waals surface area contributed by atoms with E-state index in [1.54, 1.807) is 17.8 Å². The number of aryl methyl sites for hydroxylation is 2. The first-order valence-electron chi connectivity index (χ1n) is 11.2. The van der Waals surface area contributed by atoms with Crippen LogP contribution in [-0.4, -0.2) is 35.0 Å². The van der Waals surface area contributed by atoms with Gasteiger partial charge in [0.05, 0.1) is 13.2 Å². The number of ether oxygens (including phenoxy) is 1. The third-order valence-corrected chi connectivity index (χ3v) is 6.24. The summed E-state index contributed by atoms with van der Waals surface area (Å²) in [5.41, 5.74) is 6.43. The number of carboxylic acid groups (broad SMARTS) is 1. The van der Waals surface area contributed by atoms with Gasteiger partial charge in [0.15, 0.2) is 0 Å². The number of benzene rings is 3. The average Bonchev–Trinajstić information content (AvgIpc) is 2.82. The molecule has 3 aromatic rings. The Morgan fingerprint density at radius 2 is 1.69 bits per heavy atom. The molecule has 0 radical (unpaired) electrons. The first-order valence-corrected chi connectivity index (χ1v) is 12.6. The van der Waals surface area contributed by atoms with Gasteiger partial charge in [-0.25, -0.2) is 4.79 Å². The first-order chi connectivity index (χ1) is 16.4. The topological polar surface area (TPSA) is 75.6 Å². The van der Waals surface area contributed by atoms with Gasteiger partial charge in [-0.1, -0.05) is 60.2 Å². The van der Waals surface area contributed by atoms with Crippen LogP contribution in [0.1, 0.15) is 40.5 Å². The van der Waals surface area contributed by atoms with E-state index in [9.17, 15) is 14.7 Å². The molecule has 7 heteroatoms. The van der Waals surface area contributed by atoms with Crippen molar-refractivity contribution in [3.05, 3.63) is 94.5 Å². The third kappa shape index (κ3) is 8.30. The third-order valence-electron chi connectivity index (χ3n) is 5.60. The molecular weight excluding hydrogens is 453 g/mol. The van der Waals surface area contributed by atoms with E-state index in [2.05, 4.69) is 24.4 Å². The zero-order valence-corrected chi connectivity index (χ0v) is 21.7. The van der Waals surface area contributed by atoms with Gasteiger partial charge in [0.2, 0.25) is 0 Å². The van der Waals surface area contributed by atoms with Gasteiger partial charge in [-0.3, -0.25) is 4.79 Å². The molecule has 35 heavy (non-hydrogen) atoms. The second-order valence-electron chi connectivity index (χ2n) is 8.32. The molecule has 0 saturated heterocycles. The van der Waals surface area contributed by atoms with E-state index in [4.69, 9.17) is 4.74 Å². The fourth-order valence-corrected chi connectivity index (χ4v) is 4.27. The van der Waals surface area contributed by atoms with E-state index in [1.807, 2.05) is 61.7 Å². The molecule has 3 rings (SSSR count). The van der Waals surface area contributed by atoms with Gasteiger partial charge in [0.25, 0.3) is 5.91 Å². The summed E-state index contributed by atoms with van der Waals surface area (Å²) in [5, 5.41) is 12.2. The van der Waals surface area contributed by atoms with E-state index in [0.717, 1.165) is 27.8 Å². The summed E-state index contributed by atoms with van der Waals surface area (Å²) in [6.07, 6.45) is 2.28. The predicted octanol–water partition coefficient (Wildman–Crippen LogP) is 2.74. The van der Waals surface area contributed by atoms with Crippen molar-refractivity contribution in [2.45, 2.75) is 39.5 Å². The molecule has 0 aliphatic carbocycles. The maximum Gasteiger partial charge on any atom is 1.00 e. The quantitative estimate of drug-likeness (QED) is 0.409. The van der Waals surface area contributed by atoms with Gasteiger partial charge in [-0.15, -0.1) is 0 Å². The maximum absolute atomic E-state index is 13.2. The Hall–Kier alpha value is -2.49. The Balaban J connectivity index is 0.00000324. The Morgan fingerprint density at radius 3 is 2.34 bits per heavy atom. The van der Waals surface area contributed by atoms with Crippen LogP contribution in [0.25, 0.3) is 11.1 Å². The Morgan fingerprint density at radius 1 is 0.971 bits per heavy atom. The summed E-state index contributed by atoms with van der Waals surface area (Å²) in [5.74, 6) is -0.765. The molecule has 5 nitrogen and oxygen atoms in total. The molecular formula is C28H32LiNO4S. The van der Waals surface area contributed by atoms with Crippen LogP contribution in [0, 0.1) is 13.8 Å². The Labute approximate surface area is 225 Å². The number of hydrogen-bond acceptors (Lipinski definition) is 4. The number of carbonyl (C=O) groups is 2. The fourth-order valence-electron chi connectivity index (χ4n) is 3.79. The summed E-state index contributed by atoms with van der Waals surface area (Å²) in [6.45, 7) is 4.95. The molecule has 0 aliphatic heterocycles. The molecule has 2 N–H and O–H groups in total. The van der Waals surface area contributed by atoms with Gasteiger partial charge in [0.1, 0.15) is 6.04 Å². The van der Waals surface area contributed by atoms with Crippen LogP contribution in [0.3, 0.4) is 0 Å². The molecule has 1 unspecified atom stereocenters. The predicted molar refractivity (Wildman–Crippen MR) is 139 cm³/mol. The van der Waals surface area contributed by atoms with Crippen molar-refractivity contribution in [1.29, 1.82) is 0 Å². The average molecular weight is 486 g/mol. The standard InChI is InChI=1S/C28H31NO4S.Li.H/c1-19-7-6-9-21(15-19)17-33-18-22-11-12-24(25(16-22)23-10-5-4-8-20(23)2)27(30)29-26(28(31)32)13-14-34-3;;/h4-12,15-16,26H,13-14,17-18H2,1-3H3,(H,29,30)(H,31,32);;/q;+1;-1. The van der Waals surface area contributed by atoms with Crippen molar-refractivity contribution < 1.29 is 39.7 Å². The summed E-state index contributed by atoms with van der Waals surface area (Å²) >= 11 is 1.55. The van der Waals surface area contributed by atoms with E-state index in [-0.39, 0.29) is 26.2 Å². The maximum atomic E-state index is 13.2. The van der Waals surface area contributed by atoms with Crippen LogP contribution in [0.2, 0.25) is 0 Å². The first kappa shape index (κ1) is 28.7. The van der Waals surface area contributed by atoms with Crippen molar-refractivity contribution >= 4 is 23.6 Å². The van der Waals surface area contributed by atoms with Crippen molar-refractivity contribution in [3.8, 4) is 11.1 Å². The molecule has 180 valence electrons. The normalized spacial score (nSPS) is 11.4. The SMILES string of the molecule is CSCCC(NC(=O)c1ccc(COCc2cccc(C)c2)cc1-c1ccccc1C)C(=O)O.[H-].[Li+]. The van der Waals surface area contributed by atoms with Crippen LogP contribution >= 0.6 is 11.8 Å². The van der Waals surface area contributed by atoms with Crippen molar-refractivity contribution in [3.63, 3.8) is 0 Å². The Bertz CT molecular complexity index is 1160. The molecule has 0 saturated carbocycles. The van der Waals surface area contributed by atoms with Crippen molar-refractivity contribution in [2.75, 3.05) is 12.0 Å². The smallest absolute Gasteiger partial charge is 1.00 e. The van der Waals surface area contributed by atoms with Gasteiger partial charge in [-0.2, -0.15) is 11.8 Å². The second-order valence-corrected chi connectivity index (χ2v) is 9.31. The van der Waals surface area contributed by atoms with Gasteiger partial charge < -0.3 is 16.6 Å². The van der Waals surface area contributed by atoms with Crippen LogP contribution in [0.4, 0.5) is 0 Å². The number of thioether (sulfide) groups is 1. The second kappa shape index (κ2) is 14.2. The molecule has 0 spiro atoms. The summed E-state index contributed by atoms with van der Waals surface area (Å²) in [7, 11) is 0. The van der Waals surface area contributed by atoms with Crippen LogP contribution in [0.5, 0.6) is 0 Å². The number of rotatable bonds is 11. The minimum atomic E-state index is -1.03. The van der Waals surface area contributed by atoms with Gasteiger partial charge in [-0.05, 0) is 72.2 Å². The molecule has 0 aliphatic rings. The van der Waals surface area contributed by atoms with Crippen LogP contribution in [-0.2, 0) is 22.7 Å². The van der Waals surface area contributed by atoms with E-state index >= 15 is 0 Å². The van der Waals surface area contributed by atoms with Crippen LogP contribution in [0.15, 0.2) is 66.7 Å². The summed E-state index contributed by atoms with van der Waals surface area (Å²) in [4.78, 5) is 24.8. The van der Waals surface area contributed by atoms with Crippen molar-refractivity contribution in [2.24, 2.45) is 0 Å². The van der Waals surface area contributed by atoms with E-state index < -0.39 is 12.0 Å². The zero-order chi connectivity index (χ0) is 24.5. The summed E-state index contributed by atoms with van der Waals surface area (Å²) < 4.78 is 5.94. The minimum Gasteiger partial charge on any atom is -1.00 e. The number of nitrogens with one attached hydrogen (secondary N) is 1. The number of hydrogen-bond donors (Lipinski definition) is 2. The molecule has 1 amide bonds. The molecule has 0 fully saturated rings. The Kier molecular flexibility index (Phi) is 11.6. The number of carbonyl (C=O) groups excluding carboxylic acids is 1. The molecule has 0 heterocycles. The van der Waals surface area contributed by atoms with Gasteiger partial charge >= 0.3 is 24.8 Å². The monoisotopic (exact) mass is 485 g/mol. The van der Waals surface area contributed by atoms with Gasteiger partial charge in [0, 0.05) is 5.56 Å². The molecule has 3 aromatic carbocycles. The zero-order valence-electron chi connectivity index (χ0n) is 21.8. The number of amides is 1. The van der Waals surface area contributed by atoms with E-state index in [0.29, 0.717) is 31.0 Å². The largest absolute Gasteiger partial charge is 1.00 e. The van der Waals surface area contributed by atoms with Crippen molar-refractivity contribution in [1.82, 2.24) is 5.32 Å². The number of aliphatic carboxylic acids is 1. The minimum absolute atomic E-state index is 0. The fraction of sp³-hybridized carbons (Fsp3) is 0.286. The van der Waals surface area contributed by atoms with E-state index in [1.165, 1.54) is 5.56 Å². The molecule has 1 atom stereocenters. The molecule has 0 aromatic heterocycles. The molecule has 0 bridgehead atoms.